The second kappa shape index (κ2) is 6.90. The highest BCUT2D eigenvalue weighted by Gasteiger charge is 2.33. The number of hydrogen-bond acceptors (Lipinski definition) is 6. The van der Waals surface area contributed by atoms with E-state index in [-0.39, 0.29) is 6.29 Å². The van der Waals surface area contributed by atoms with Crippen LogP contribution in [0.1, 0.15) is 24.1 Å². The van der Waals surface area contributed by atoms with Gasteiger partial charge in [-0.2, -0.15) is 5.06 Å². The van der Waals surface area contributed by atoms with Gasteiger partial charge in [-0.25, -0.2) is 4.79 Å². The molecule has 1 heterocycles. The number of fused-ring (bicyclic) bond motifs is 1. The first-order chi connectivity index (χ1) is 9.38. The van der Waals surface area contributed by atoms with Gasteiger partial charge in [-0.3, -0.25) is 9.59 Å². The van der Waals surface area contributed by atoms with Gasteiger partial charge in [0.2, 0.25) is 5.78 Å². The fourth-order valence-electron chi connectivity index (χ4n) is 1.74. The topological polar surface area (TPSA) is 115 Å². The average Bonchev–Trinajstić information content (AvgIpc) is 2.74. The molecule has 1 aromatic carbocycles. The highest BCUT2D eigenvalue weighted by atomic mass is 16.5. The van der Waals surface area contributed by atoms with E-state index in [0.29, 0.717) is 12.1 Å². The minimum Gasteiger partial charge on any atom is -0.479 e. The van der Waals surface area contributed by atoms with Crippen LogP contribution < -0.4 is 0 Å². The zero-order valence-corrected chi connectivity index (χ0v) is 10.8. The molecule has 0 aromatic heterocycles. The standard InChI is InChI=1S/C10H9NO3.C3H6O3/c12-6-9(13)10-8-4-2-1-3-7(8)5-11(10)14;1-2(4)3(5)6/h1-4,6,10,14H,5H2;2,4H,1H3,(H,5,6). The van der Waals surface area contributed by atoms with Gasteiger partial charge in [-0.15, -0.1) is 0 Å². The molecule has 0 saturated carbocycles. The third-order valence-corrected chi connectivity index (χ3v) is 2.72. The maximum atomic E-state index is 11.2. The first-order valence-corrected chi connectivity index (χ1v) is 5.81. The van der Waals surface area contributed by atoms with E-state index in [2.05, 4.69) is 0 Å². The third kappa shape index (κ3) is 3.70. The Morgan fingerprint density at radius 1 is 1.40 bits per heavy atom. The van der Waals surface area contributed by atoms with Crippen LogP contribution in [0, 0.1) is 0 Å². The van der Waals surface area contributed by atoms with Crippen LogP contribution >= 0.6 is 0 Å². The van der Waals surface area contributed by atoms with Crippen LogP contribution in [0.4, 0.5) is 0 Å². The normalized spacial score (nSPS) is 18.4. The highest BCUT2D eigenvalue weighted by Crippen LogP contribution is 2.31. The zero-order chi connectivity index (χ0) is 15.3. The number of nitrogens with zero attached hydrogens (tertiary/aromatic N) is 1. The molecule has 7 nitrogen and oxygen atoms in total. The number of carboxylic acids is 1. The van der Waals surface area contributed by atoms with E-state index in [9.17, 15) is 19.6 Å². The summed E-state index contributed by atoms with van der Waals surface area (Å²) in [4.78, 5) is 31.0. The molecular formula is C13H15NO6. The Bertz CT molecular complexity index is 513. The van der Waals surface area contributed by atoms with Crippen LogP contribution in [0.25, 0.3) is 0 Å². The summed E-state index contributed by atoms with van der Waals surface area (Å²) in [5, 5.41) is 26.1. The fraction of sp³-hybridized carbons (Fsp3) is 0.308. The molecule has 2 unspecified atom stereocenters. The lowest BCUT2D eigenvalue weighted by atomic mass is 10.0. The van der Waals surface area contributed by atoms with Crippen molar-refractivity contribution in [1.82, 2.24) is 5.06 Å². The number of carboxylic acid groups (broad SMARTS) is 1. The molecular weight excluding hydrogens is 266 g/mol. The Morgan fingerprint density at radius 3 is 2.45 bits per heavy atom. The molecule has 3 N–H and O–H groups in total. The third-order valence-electron chi connectivity index (χ3n) is 2.72. The Hall–Kier alpha value is -2.09. The number of aldehydes is 1. The molecule has 1 aliphatic heterocycles. The number of aliphatic carboxylic acids is 1. The summed E-state index contributed by atoms with van der Waals surface area (Å²) in [6.45, 7) is 1.49. The molecule has 0 aliphatic carbocycles. The van der Waals surface area contributed by atoms with Crippen LogP contribution in [0.15, 0.2) is 24.3 Å². The quantitative estimate of drug-likeness (QED) is 0.533. The molecule has 108 valence electrons. The monoisotopic (exact) mass is 281 g/mol. The Balaban J connectivity index is 0.000000286. The number of hydrogen-bond donors (Lipinski definition) is 3. The second-order valence-electron chi connectivity index (χ2n) is 4.23. The highest BCUT2D eigenvalue weighted by molar-refractivity contribution is 6.27. The SMILES string of the molecule is CC(O)C(=O)O.O=CC(=O)C1c2ccccc2CN1O. The van der Waals surface area contributed by atoms with Crippen molar-refractivity contribution in [3.05, 3.63) is 35.4 Å². The number of hydroxylamine groups is 2. The van der Waals surface area contributed by atoms with Crippen molar-refractivity contribution in [2.75, 3.05) is 0 Å². The van der Waals surface area contributed by atoms with Gasteiger partial charge >= 0.3 is 5.97 Å². The Morgan fingerprint density at radius 2 is 1.95 bits per heavy atom. The lowest BCUT2D eigenvalue weighted by Crippen LogP contribution is -2.25. The Kier molecular flexibility index (Phi) is 5.51. The van der Waals surface area contributed by atoms with Gasteiger partial charge in [-0.1, -0.05) is 24.3 Å². The van der Waals surface area contributed by atoms with Gasteiger partial charge in [0.25, 0.3) is 0 Å². The maximum Gasteiger partial charge on any atom is 0.332 e. The molecule has 0 bridgehead atoms. The molecule has 0 amide bonds. The number of aliphatic hydroxyl groups excluding tert-OH is 1. The lowest BCUT2D eigenvalue weighted by molar-refractivity contribution is -0.155. The first kappa shape index (κ1) is 16.0. The average molecular weight is 281 g/mol. The van der Waals surface area contributed by atoms with Gasteiger partial charge in [0.1, 0.15) is 12.1 Å². The lowest BCUT2D eigenvalue weighted by Gasteiger charge is -2.13. The molecule has 0 saturated heterocycles. The summed E-state index contributed by atoms with van der Waals surface area (Å²) in [6.07, 6.45) is -0.985. The first-order valence-electron chi connectivity index (χ1n) is 5.81. The number of carbonyl (C=O) groups is 3. The largest absolute Gasteiger partial charge is 0.479 e. The molecule has 1 aromatic rings. The van der Waals surface area contributed by atoms with E-state index in [0.717, 1.165) is 10.6 Å². The van der Waals surface area contributed by atoms with Crippen LogP contribution in [0.5, 0.6) is 0 Å². The Labute approximate surface area is 115 Å². The number of carbonyl (C=O) groups excluding carboxylic acids is 2. The summed E-state index contributed by atoms with van der Waals surface area (Å²) in [7, 11) is 0. The number of rotatable bonds is 3. The van der Waals surface area contributed by atoms with Crippen molar-refractivity contribution in [3.63, 3.8) is 0 Å². The van der Waals surface area contributed by atoms with E-state index in [1.807, 2.05) is 12.1 Å². The number of ketones is 1. The fourth-order valence-corrected chi connectivity index (χ4v) is 1.74. The van der Waals surface area contributed by atoms with Gasteiger partial charge in [0, 0.05) is 0 Å². The van der Waals surface area contributed by atoms with Crippen molar-refractivity contribution >= 4 is 18.0 Å². The predicted molar refractivity (Wildman–Crippen MR) is 66.9 cm³/mol. The number of Topliss-reactive ketones (excluding diaryl/α,β-unsaturated/α-hetero) is 1. The van der Waals surface area contributed by atoms with Crippen LogP contribution in [0.3, 0.4) is 0 Å². The predicted octanol–water partition coefficient (Wildman–Crippen LogP) is 0.152. The number of benzene rings is 1. The van der Waals surface area contributed by atoms with Crippen LogP contribution in [-0.4, -0.2) is 44.6 Å². The molecule has 2 atom stereocenters. The molecule has 0 fully saturated rings. The smallest absolute Gasteiger partial charge is 0.332 e. The van der Waals surface area contributed by atoms with Gasteiger partial charge < -0.3 is 15.4 Å². The minimum atomic E-state index is -1.23. The molecule has 2 rings (SSSR count). The van der Waals surface area contributed by atoms with Crippen molar-refractivity contribution < 1.29 is 29.8 Å². The second-order valence-corrected chi connectivity index (χ2v) is 4.23. The summed E-state index contributed by atoms with van der Waals surface area (Å²) >= 11 is 0. The summed E-state index contributed by atoms with van der Waals surface area (Å²) in [5.74, 6) is -1.80. The number of aliphatic hydroxyl groups is 1. The molecule has 7 heteroatoms. The summed E-state index contributed by atoms with van der Waals surface area (Å²) in [6, 6.07) is 6.38. The van der Waals surface area contributed by atoms with Gasteiger partial charge in [0.05, 0.1) is 6.54 Å². The van der Waals surface area contributed by atoms with Crippen molar-refractivity contribution in [2.45, 2.75) is 25.6 Å². The molecule has 0 spiro atoms. The van der Waals surface area contributed by atoms with E-state index < -0.39 is 23.9 Å². The van der Waals surface area contributed by atoms with E-state index in [1.165, 1.54) is 6.92 Å². The van der Waals surface area contributed by atoms with E-state index in [4.69, 9.17) is 10.2 Å². The summed E-state index contributed by atoms with van der Waals surface area (Å²) in [5.41, 5.74) is 1.60. The van der Waals surface area contributed by atoms with E-state index in [1.54, 1.807) is 12.1 Å². The summed E-state index contributed by atoms with van der Waals surface area (Å²) < 4.78 is 0. The van der Waals surface area contributed by atoms with Gasteiger partial charge in [-0.05, 0) is 18.1 Å². The van der Waals surface area contributed by atoms with Crippen molar-refractivity contribution in [1.29, 1.82) is 0 Å². The van der Waals surface area contributed by atoms with Gasteiger partial charge in [0.15, 0.2) is 6.29 Å². The van der Waals surface area contributed by atoms with E-state index >= 15 is 0 Å². The van der Waals surface area contributed by atoms with Crippen molar-refractivity contribution in [2.24, 2.45) is 0 Å². The van der Waals surface area contributed by atoms with Crippen LogP contribution in [-0.2, 0) is 20.9 Å². The maximum absolute atomic E-state index is 11.2. The molecule has 20 heavy (non-hydrogen) atoms. The van der Waals surface area contributed by atoms with Crippen molar-refractivity contribution in [3.8, 4) is 0 Å². The molecule has 0 radical (unpaired) electrons. The van der Waals surface area contributed by atoms with Crippen LogP contribution in [0.2, 0.25) is 0 Å². The zero-order valence-electron chi connectivity index (χ0n) is 10.8. The minimum absolute atomic E-state index is 0.246. The molecule has 1 aliphatic rings.